The molecule has 2 aromatic carbocycles. The first-order valence-corrected chi connectivity index (χ1v) is 13.2. The summed E-state index contributed by atoms with van der Waals surface area (Å²) in [6.45, 7) is 5.84. The van der Waals surface area contributed by atoms with Gasteiger partial charge in [-0.1, -0.05) is 94.0 Å². The number of quaternary nitrogens is 1. The molecule has 0 amide bonds. The Kier molecular flexibility index (Phi) is 12.8. The SMILES string of the molecule is CCCCCCCCCc1ccccc1OC(C)CCOC(=O)C[N+](C)(C)Cc1ccccc1. The third-order valence-electron chi connectivity index (χ3n) is 6.15. The average molecular weight is 469 g/mol. The standard InChI is InChI=1S/C30H46NO3/c1-5-6-7-8-9-10-14-19-28-20-15-16-21-29(28)34-26(2)22-23-33-30(32)25-31(3,4)24-27-17-12-11-13-18-27/h11-13,15-18,20-21,26H,5-10,14,19,22-25H2,1-4H3/q+1. The third kappa shape index (κ3) is 11.7. The van der Waals surface area contributed by atoms with Gasteiger partial charge in [0.1, 0.15) is 12.3 Å². The molecular weight excluding hydrogens is 422 g/mol. The van der Waals surface area contributed by atoms with Gasteiger partial charge in [0, 0.05) is 12.0 Å². The highest BCUT2D eigenvalue weighted by atomic mass is 16.5. The molecule has 1 unspecified atom stereocenters. The molecule has 0 aliphatic heterocycles. The van der Waals surface area contributed by atoms with Crippen molar-refractivity contribution in [2.24, 2.45) is 0 Å². The number of para-hydroxylation sites is 1. The summed E-state index contributed by atoms with van der Waals surface area (Å²) >= 11 is 0. The lowest BCUT2D eigenvalue weighted by Crippen LogP contribution is -2.43. The van der Waals surface area contributed by atoms with Crippen molar-refractivity contribution in [3.8, 4) is 5.75 Å². The van der Waals surface area contributed by atoms with E-state index >= 15 is 0 Å². The van der Waals surface area contributed by atoms with Crippen LogP contribution in [-0.4, -0.2) is 43.8 Å². The molecule has 0 bridgehead atoms. The highest BCUT2D eigenvalue weighted by Crippen LogP contribution is 2.23. The van der Waals surface area contributed by atoms with Crippen LogP contribution >= 0.6 is 0 Å². The number of likely N-dealkylation sites (N-methyl/N-ethyl adjacent to an activating group) is 1. The van der Waals surface area contributed by atoms with Crippen LogP contribution in [-0.2, 0) is 22.5 Å². The van der Waals surface area contributed by atoms with Gasteiger partial charge in [-0.15, -0.1) is 0 Å². The molecule has 0 fully saturated rings. The number of esters is 1. The molecule has 4 nitrogen and oxygen atoms in total. The number of nitrogens with zero attached hydrogens (tertiary/aromatic N) is 1. The Morgan fingerprint density at radius 1 is 0.882 bits per heavy atom. The zero-order chi connectivity index (χ0) is 24.7. The molecule has 2 aromatic rings. The minimum Gasteiger partial charge on any atom is -0.490 e. The molecule has 4 heteroatoms. The van der Waals surface area contributed by atoms with Crippen LogP contribution in [0.25, 0.3) is 0 Å². The van der Waals surface area contributed by atoms with E-state index in [4.69, 9.17) is 9.47 Å². The quantitative estimate of drug-likeness (QED) is 0.143. The molecular formula is C30H46NO3+. The lowest BCUT2D eigenvalue weighted by molar-refractivity contribution is -0.896. The molecule has 1 atom stereocenters. The summed E-state index contributed by atoms with van der Waals surface area (Å²) in [5.74, 6) is 0.806. The summed E-state index contributed by atoms with van der Waals surface area (Å²) in [5, 5.41) is 0. The summed E-state index contributed by atoms with van der Waals surface area (Å²) in [7, 11) is 4.12. The van der Waals surface area contributed by atoms with E-state index in [0.29, 0.717) is 24.1 Å². The second-order valence-corrected chi connectivity index (χ2v) is 10.2. The number of unbranched alkanes of at least 4 members (excludes halogenated alkanes) is 6. The molecule has 0 radical (unpaired) electrons. The van der Waals surface area contributed by atoms with Gasteiger partial charge in [-0.3, -0.25) is 0 Å². The van der Waals surface area contributed by atoms with Gasteiger partial charge in [0.2, 0.25) is 0 Å². The zero-order valence-corrected chi connectivity index (χ0v) is 21.9. The molecule has 0 saturated carbocycles. The Bertz CT molecular complexity index is 819. The Morgan fingerprint density at radius 2 is 1.53 bits per heavy atom. The Morgan fingerprint density at radius 3 is 2.26 bits per heavy atom. The van der Waals surface area contributed by atoms with E-state index < -0.39 is 0 Å². The first kappa shape index (κ1) is 27.9. The van der Waals surface area contributed by atoms with Crippen LogP contribution < -0.4 is 4.74 Å². The van der Waals surface area contributed by atoms with Crippen molar-refractivity contribution in [3.63, 3.8) is 0 Å². The number of hydrogen-bond donors (Lipinski definition) is 0. The number of benzene rings is 2. The summed E-state index contributed by atoms with van der Waals surface area (Å²) in [5.41, 5.74) is 2.50. The number of carbonyl (C=O) groups excluding carboxylic acids is 1. The maximum absolute atomic E-state index is 12.4. The maximum atomic E-state index is 12.4. The van der Waals surface area contributed by atoms with Crippen LogP contribution in [0.1, 0.15) is 76.3 Å². The Hall–Kier alpha value is -2.33. The zero-order valence-electron chi connectivity index (χ0n) is 21.9. The van der Waals surface area contributed by atoms with Gasteiger partial charge in [0.25, 0.3) is 0 Å². The van der Waals surface area contributed by atoms with Crippen LogP contribution in [0.2, 0.25) is 0 Å². The van der Waals surface area contributed by atoms with E-state index in [1.165, 1.54) is 56.1 Å². The van der Waals surface area contributed by atoms with Crippen molar-refractivity contribution in [2.75, 3.05) is 27.2 Å². The van der Waals surface area contributed by atoms with Crippen molar-refractivity contribution in [1.29, 1.82) is 0 Å². The normalized spacial score (nSPS) is 12.4. The van der Waals surface area contributed by atoms with Gasteiger partial charge < -0.3 is 14.0 Å². The predicted octanol–water partition coefficient (Wildman–Crippen LogP) is 6.96. The summed E-state index contributed by atoms with van der Waals surface area (Å²) in [6.07, 6.45) is 10.9. The highest BCUT2D eigenvalue weighted by Gasteiger charge is 2.22. The van der Waals surface area contributed by atoms with E-state index in [1.807, 2.05) is 31.2 Å². The minimum atomic E-state index is -0.160. The fraction of sp³-hybridized carbons (Fsp3) is 0.567. The minimum absolute atomic E-state index is 0.00480. The van der Waals surface area contributed by atoms with Crippen LogP contribution in [0.4, 0.5) is 0 Å². The van der Waals surface area contributed by atoms with E-state index in [1.54, 1.807) is 0 Å². The molecule has 188 valence electrons. The number of rotatable bonds is 17. The van der Waals surface area contributed by atoms with E-state index in [2.05, 4.69) is 51.4 Å². The largest absolute Gasteiger partial charge is 0.490 e. The Balaban J connectivity index is 1.68. The van der Waals surface area contributed by atoms with Crippen LogP contribution in [0.3, 0.4) is 0 Å². The smallest absolute Gasteiger partial charge is 0.361 e. The third-order valence-corrected chi connectivity index (χ3v) is 6.15. The van der Waals surface area contributed by atoms with Crippen molar-refractivity contribution in [3.05, 3.63) is 65.7 Å². The maximum Gasteiger partial charge on any atom is 0.361 e. The summed E-state index contributed by atoms with van der Waals surface area (Å²) in [6, 6.07) is 18.6. The molecule has 0 heterocycles. The van der Waals surface area contributed by atoms with Gasteiger partial charge in [0.15, 0.2) is 6.54 Å². The lowest BCUT2D eigenvalue weighted by atomic mass is 10.0. The van der Waals surface area contributed by atoms with E-state index in [-0.39, 0.29) is 12.1 Å². The average Bonchev–Trinajstić information content (AvgIpc) is 2.79. The number of aryl methyl sites for hydroxylation is 1. The van der Waals surface area contributed by atoms with Crippen molar-refractivity contribution in [1.82, 2.24) is 0 Å². The number of ether oxygens (including phenoxy) is 2. The second-order valence-electron chi connectivity index (χ2n) is 10.2. The molecule has 0 N–H and O–H groups in total. The monoisotopic (exact) mass is 468 g/mol. The van der Waals surface area contributed by atoms with E-state index in [9.17, 15) is 4.79 Å². The van der Waals surface area contributed by atoms with Crippen LogP contribution in [0.5, 0.6) is 5.75 Å². The van der Waals surface area contributed by atoms with Gasteiger partial charge in [-0.25, -0.2) is 4.79 Å². The van der Waals surface area contributed by atoms with Gasteiger partial charge in [-0.05, 0) is 31.4 Å². The van der Waals surface area contributed by atoms with Gasteiger partial charge >= 0.3 is 5.97 Å². The molecule has 34 heavy (non-hydrogen) atoms. The molecule has 0 aliphatic carbocycles. The van der Waals surface area contributed by atoms with Crippen LogP contribution in [0, 0.1) is 0 Å². The number of hydrogen-bond acceptors (Lipinski definition) is 3. The summed E-state index contributed by atoms with van der Waals surface area (Å²) < 4.78 is 12.3. The fourth-order valence-electron chi connectivity index (χ4n) is 4.24. The van der Waals surface area contributed by atoms with Crippen LogP contribution in [0.15, 0.2) is 54.6 Å². The second kappa shape index (κ2) is 15.5. The van der Waals surface area contributed by atoms with Gasteiger partial charge in [-0.2, -0.15) is 0 Å². The molecule has 0 spiro atoms. The predicted molar refractivity (Wildman–Crippen MR) is 141 cm³/mol. The highest BCUT2D eigenvalue weighted by molar-refractivity contribution is 5.70. The topological polar surface area (TPSA) is 35.5 Å². The molecule has 0 aliphatic rings. The van der Waals surface area contributed by atoms with Gasteiger partial charge in [0.05, 0.1) is 26.8 Å². The van der Waals surface area contributed by atoms with Crippen molar-refractivity contribution < 1.29 is 18.8 Å². The lowest BCUT2D eigenvalue weighted by Gasteiger charge is -2.28. The molecule has 0 saturated heterocycles. The fourth-order valence-corrected chi connectivity index (χ4v) is 4.24. The first-order chi connectivity index (χ1) is 16.4. The summed E-state index contributed by atoms with van der Waals surface area (Å²) in [4.78, 5) is 12.4. The Labute approximate surface area is 207 Å². The number of carbonyl (C=O) groups is 1. The first-order valence-electron chi connectivity index (χ1n) is 13.2. The molecule has 0 aromatic heterocycles. The van der Waals surface area contributed by atoms with Crippen molar-refractivity contribution >= 4 is 5.97 Å². The van der Waals surface area contributed by atoms with Crippen molar-refractivity contribution in [2.45, 2.75) is 84.3 Å². The van der Waals surface area contributed by atoms with E-state index in [0.717, 1.165) is 18.7 Å². The molecule has 2 rings (SSSR count).